The monoisotopic (exact) mass is 258 g/mol. The fraction of sp³-hybridized carbons (Fsp3) is 0.500. The first-order valence-corrected chi connectivity index (χ1v) is 6.73. The lowest BCUT2D eigenvalue weighted by Crippen LogP contribution is -2.32. The molecular weight excluding hydrogens is 240 g/mol. The van der Waals surface area contributed by atoms with E-state index in [0.29, 0.717) is 18.8 Å². The van der Waals surface area contributed by atoms with E-state index in [-0.39, 0.29) is 5.03 Å². The number of nitrogens with one attached hydrogen (secondary N) is 2. The summed E-state index contributed by atoms with van der Waals surface area (Å²) >= 11 is 0. The summed E-state index contributed by atoms with van der Waals surface area (Å²) in [6, 6.07) is 3.36. The van der Waals surface area contributed by atoms with Crippen LogP contribution >= 0.6 is 0 Å². The summed E-state index contributed by atoms with van der Waals surface area (Å²) in [5, 5.41) is 2.84. The summed E-state index contributed by atoms with van der Waals surface area (Å²) in [5.74, 6) is 0. The van der Waals surface area contributed by atoms with E-state index < -0.39 is 10.0 Å². The van der Waals surface area contributed by atoms with Gasteiger partial charge in [0.2, 0.25) is 0 Å². The maximum Gasteiger partial charge on any atom is 0.260 e. The van der Waals surface area contributed by atoms with Crippen molar-refractivity contribution in [1.29, 1.82) is 0 Å². The van der Waals surface area contributed by atoms with E-state index in [1.807, 2.05) is 19.0 Å². The lowest BCUT2D eigenvalue weighted by molar-refractivity contribution is 0.412. The lowest BCUT2D eigenvalue weighted by atomic mass is 10.4. The highest BCUT2D eigenvalue weighted by Gasteiger charge is 2.18. The van der Waals surface area contributed by atoms with Crippen LogP contribution in [-0.2, 0) is 10.0 Å². The van der Waals surface area contributed by atoms with Crippen LogP contribution in [0.4, 0.5) is 5.69 Å². The number of hydrogen-bond donors (Lipinski definition) is 2. The molecule has 0 bridgehead atoms. The number of rotatable bonds is 6. The quantitative estimate of drug-likeness (QED) is 0.749. The molecule has 0 unspecified atom stereocenters. The summed E-state index contributed by atoms with van der Waals surface area (Å²) in [6.07, 6.45) is 1.46. The molecule has 1 aromatic heterocycles. The van der Waals surface area contributed by atoms with Gasteiger partial charge in [0.05, 0.1) is 5.69 Å². The van der Waals surface area contributed by atoms with E-state index in [0.717, 1.165) is 0 Å². The Labute approximate surface area is 102 Å². The zero-order valence-corrected chi connectivity index (χ0v) is 11.1. The third-order valence-corrected chi connectivity index (χ3v) is 3.56. The Morgan fingerprint density at radius 2 is 2.12 bits per heavy atom. The molecule has 0 radical (unpaired) electrons. The number of sulfonamides is 1. The van der Waals surface area contributed by atoms with Gasteiger partial charge in [-0.3, -0.25) is 0 Å². The number of hydrogen-bond acceptors (Lipinski definition) is 5. The Bertz CT molecular complexity index is 459. The van der Waals surface area contributed by atoms with Crippen molar-refractivity contribution < 1.29 is 8.42 Å². The van der Waals surface area contributed by atoms with E-state index in [1.54, 1.807) is 19.2 Å². The molecule has 0 saturated carbocycles. The van der Waals surface area contributed by atoms with Gasteiger partial charge in [-0.25, -0.2) is 18.1 Å². The first kappa shape index (κ1) is 13.9. The Hall–Kier alpha value is -1.18. The van der Waals surface area contributed by atoms with Crippen molar-refractivity contribution in [2.75, 3.05) is 39.5 Å². The molecule has 0 amide bonds. The summed E-state index contributed by atoms with van der Waals surface area (Å²) in [7, 11) is 1.88. The summed E-state index contributed by atoms with van der Waals surface area (Å²) in [5.41, 5.74) is 0.491. The van der Waals surface area contributed by atoms with Crippen LogP contribution in [0, 0.1) is 0 Å². The molecule has 0 fully saturated rings. The molecule has 1 rings (SSSR count). The fourth-order valence-corrected chi connectivity index (χ4v) is 2.42. The SMILES string of the molecule is CNc1cccnc1S(=O)(=O)NCCN(C)C. The van der Waals surface area contributed by atoms with E-state index in [2.05, 4.69) is 15.0 Å². The largest absolute Gasteiger partial charge is 0.386 e. The van der Waals surface area contributed by atoms with Crippen molar-refractivity contribution in [2.45, 2.75) is 5.03 Å². The molecule has 6 nitrogen and oxygen atoms in total. The van der Waals surface area contributed by atoms with Crippen molar-refractivity contribution >= 4 is 15.7 Å². The number of aromatic nitrogens is 1. The molecular formula is C10H18N4O2S. The smallest absolute Gasteiger partial charge is 0.260 e. The molecule has 0 aliphatic heterocycles. The van der Waals surface area contributed by atoms with Gasteiger partial charge in [0, 0.05) is 26.3 Å². The van der Waals surface area contributed by atoms with Crippen LogP contribution in [0.1, 0.15) is 0 Å². The highest BCUT2D eigenvalue weighted by atomic mass is 32.2. The van der Waals surface area contributed by atoms with Crippen LogP contribution in [0.15, 0.2) is 23.4 Å². The predicted molar refractivity (Wildman–Crippen MR) is 67.5 cm³/mol. The lowest BCUT2D eigenvalue weighted by Gasteiger charge is -2.12. The molecule has 17 heavy (non-hydrogen) atoms. The Morgan fingerprint density at radius 1 is 1.41 bits per heavy atom. The number of pyridine rings is 1. The fourth-order valence-electron chi connectivity index (χ4n) is 1.27. The van der Waals surface area contributed by atoms with Gasteiger partial charge in [0.25, 0.3) is 10.0 Å². The van der Waals surface area contributed by atoms with Gasteiger partial charge in [-0.15, -0.1) is 0 Å². The van der Waals surface area contributed by atoms with Gasteiger partial charge < -0.3 is 10.2 Å². The van der Waals surface area contributed by atoms with E-state index in [1.165, 1.54) is 6.20 Å². The molecule has 2 N–H and O–H groups in total. The topological polar surface area (TPSA) is 74.3 Å². The van der Waals surface area contributed by atoms with Crippen LogP contribution in [0.2, 0.25) is 0 Å². The standard InChI is InChI=1S/C10H18N4O2S/c1-11-9-5-4-6-12-10(9)17(15,16)13-7-8-14(2)3/h4-6,11,13H,7-8H2,1-3H3. The van der Waals surface area contributed by atoms with Crippen LogP contribution < -0.4 is 10.0 Å². The van der Waals surface area contributed by atoms with E-state index >= 15 is 0 Å². The highest BCUT2D eigenvalue weighted by molar-refractivity contribution is 7.89. The van der Waals surface area contributed by atoms with Gasteiger partial charge >= 0.3 is 0 Å². The van der Waals surface area contributed by atoms with Crippen molar-refractivity contribution in [3.05, 3.63) is 18.3 Å². The van der Waals surface area contributed by atoms with Gasteiger partial charge in [-0.2, -0.15) is 0 Å². The van der Waals surface area contributed by atoms with Gasteiger partial charge in [0.1, 0.15) is 0 Å². The zero-order valence-electron chi connectivity index (χ0n) is 10.3. The van der Waals surface area contributed by atoms with Gasteiger partial charge in [-0.1, -0.05) is 0 Å². The number of nitrogens with zero attached hydrogens (tertiary/aromatic N) is 2. The maximum absolute atomic E-state index is 12.0. The Kier molecular flexibility index (Phi) is 4.86. The Morgan fingerprint density at radius 3 is 2.71 bits per heavy atom. The molecule has 0 spiro atoms. The average Bonchev–Trinajstić information content (AvgIpc) is 2.28. The van der Waals surface area contributed by atoms with Crippen LogP contribution in [0.3, 0.4) is 0 Å². The third-order valence-electron chi connectivity index (χ3n) is 2.15. The summed E-state index contributed by atoms with van der Waals surface area (Å²) in [4.78, 5) is 5.80. The highest BCUT2D eigenvalue weighted by Crippen LogP contribution is 2.16. The average molecular weight is 258 g/mol. The first-order chi connectivity index (χ1) is 7.97. The number of anilines is 1. The molecule has 0 saturated heterocycles. The van der Waals surface area contributed by atoms with Crippen LogP contribution in [0.25, 0.3) is 0 Å². The van der Waals surface area contributed by atoms with Crippen molar-refractivity contribution in [2.24, 2.45) is 0 Å². The third kappa shape index (κ3) is 3.95. The Balaban J connectivity index is 2.82. The molecule has 0 atom stereocenters. The maximum atomic E-state index is 12.0. The minimum Gasteiger partial charge on any atom is -0.386 e. The van der Waals surface area contributed by atoms with E-state index in [9.17, 15) is 8.42 Å². The zero-order chi connectivity index (χ0) is 12.9. The number of likely N-dealkylation sites (N-methyl/N-ethyl adjacent to an activating group) is 1. The minimum atomic E-state index is -3.55. The summed E-state index contributed by atoms with van der Waals surface area (Å²) in [6.45, 7) is 0.996. The molecule has 1 heterocycles. The molecule has 0 aliphatic rings. The second-order valence-corrected chi connectivity index (χ2v) is 5.49. The van der Waals surface area contributed by atoms with Crippen LogP contribution in [-0.4, -0.2) is 52.5 Å². The molecule has 0 aliphatic carbocycles. The van der Waals surface area contributed by atoms with Gasteiger partial charge in [-0.05, 0) is 26.2 Å². The summed E-state index contributed by atoms with van der Waals surface area (Å²) < 4.78 is 26.4. The van der Waals surface area contributed by atoms with Crippen molar-refractivity contribution in [3.8, 4) is 0 Å². The van der Waals surface area contributed by atoms with Crippen molar-refractivity contribution in [3.63, 3.8) is 0 Å². The second-order valence-electron chi connectivity index (χ2n) is 3.81. The van der Waals surface area contributed by atoms with Crippen molar-refractivity contribution in [1.82, 2.24) is 14.6 Å². The first-order valence-electron chi connectivity index (χ1n) is 5.24. The minimum absolute atomic E-state index is 0.0289. The molecule has 7 heteroatoms. The second kappa shape index (κ2) is 5.95. The molecule has 0 aromatic carbocycles. The van der Waals surface area contributed by atoms with Crippen LogP contribution in [0.5, 0.6) is 0 Å². The van der Waals surface area contributed by atoms with E-state index in [4.69, 9.17) is 0 Å². The molecule has 96 valence electrons. The normalized spacial score (nSPS) is 11.8. The molecule has 1 aromatic rings. The predicted octanol–water partition coefficient (Wildman–Crippen LogP) is -0.0368. The van der Waals surface area contributed by atoms with Gasteiger partial charge in [0.15, 0.2) is 5.03 Å².